The molecule has 0 bridgehead atoms. The van der Waals surface area contributed by atoms with Gasteiger partial charge in [-0.1, -0.05) is 12.1 Å². The zero-order valence-electron chi connectivity index (χ0n) is 25.3. The number of aromatic nitrogens is 1. The van der Waals surface area contributed by atoms with Gasteiger partial charge in [-0.25, -0.2) is 26.0 Å². The molecule has 16 heteroatoms. The molecule has 3 heterocycles. The fourth-order valence-corrected chi connectivity index (χ4v) is 8.32. The Morgan fingerprint density at radius 3 is 2.52 bits per heavy atom. The summed E-state index contributed by atoms with van der Waals surface area (Å²) in [6.45, 7) is 1.48. The second kappa shape index (κ2) is 12.9. The Kier molecular flexibility index (Phi) is 9.48. The lowest BCUT2D eigenvalue weighted by Gasteiger charge is -2.38. The van der Waals surface area contributed by atoms with Crippen LogP contribution in [0.15, 0.2) is 63.2 Å². The number of aliphatic hydroxyl groups excluding tert-OH is 1. The number of sulfone groups is 1. The van der Waals surface area contributed by atoms with Gasteiger partial charge in [0.05, 0.1) is 40.6 Å². The van der Waals surface area contributed by atoms with E-state index < -0.39 is 59.8 Å². The molecule has 2 saturated heterocycles. The van der Waals surface area contributed by atoms with Crippen molar-refractivity contribution in [2.24, 2.45) is 0 Å². The summed E-state index contributed by atoms with van der Waals surface area (Å²) >= 11 is 0. The lowest BCUT2D eigenvalue weighted by atomic mass is 9.88. The molecule has 2 unspecified atom stereocenters. The van der Waals surface area contributed by atoms with E-state index in [1.165, 1.54) is 57.5 Å². The van der Waals surface area contributed by atoms with Gasteiger partial charge in [-0.05, 0) is 56.5 Å². The van der Waals surface area contributed by atoms with Gasteiger partial charge in [0.15, 0.2) is 9.84 Å². The van der Waals surface area contributed by atoms with Crippen molar-refractivity contribution in [1.82, 2.24) is 13.8 Å². The summed E-state index contributed by atoms with van der Waals surface area (Å²) in [6.07, 6.45) is 0.508. The minimum absolute atomic E-state index is 0.0257. The molecule has 2 aliphatic heterocycles. The standard InChI is InChI=1S/C30H36FN3O10S2/c1-3-32-17-26(28(36)24-8-5-9-25(31)27(24)32)46(41,42)33-12-10-30(11-13-33)15-20(18-44-30)34(29(37)38)16-21(35)19-43-22-6-4-7-23(14-22)45(2,39)40/h4-9,14,17,20-21,35H,3,10-13,15-16,18-19H2,1-2H3,(H,37,38). The second-order valence-electron chi connectivity index (χ2n) is 11.6. The topological polar surface area (TPSA) is 173 Å². The summed E-state index contributed by atoms with van der Waals surface area (Å²) < 4.78 is 79.6. The third kappa shape index (κ3) is 6.76. The summed E-state index contributed by atoms with van der Waals surface area (Å²) in [7, 11) is -7.70. The number of amides is 1. The molecular weight excluding hydrogens is 645 g/mol. The second-order valence-corrected chi connectivity index (χ2v) is 15.6. The first kappa shape index (κ1) is 33.8. The predicted octanol–water partition coefficient (Wildman–Crippen LogP) is 2.30. The molecule has 250 valence electrons. The largest absolute Gasteiger partial charge is 0.491 e. The van der Waals surface area contributed by atoms with Crippen molar-refractivity contribution >= 4 is 36.9 Å². The number of carboxylic acid groups (broad SMARTS) is 1. The Labute approximate surface area is 265 Å². The lowest BCUT2D eigenvalue weighted by molar-refractivity contribution is -0.0319. The molecule has 5 rings (SSSR count). The monoisotopic (exact) mass is 681 g/mol. The number of para-hydroxylation sites is 1. The van der Waals surface area contributed by atoms with Crippen molar-refractivity contribution in [3.8, 4) is 5.75 Å². The highest BCUT2D eigenvalue weighted by molar-refractivity contribution is 7.90. The number of fused-ring (bicyclic) bond motifs is 1. The molecule has 0 radical (unpaired) electrons. The van der Waals surface area contributed by atoms with Gasteiger partial charge in [-0.2, -0.15) is 4.31 Å². The first-order valence-corrected chi connectivity index (χ1v) is 18.0. The van der Waals surface area contributed by atoms with E-state index in [-0.39, 0.29) is 80.2 Å². The number of piperidine rings is 1. The number of ether oxygens (including phenoxy) is 2. The summed E-state index contributed by atoms with van der Waals surface area (Å²) in [4.78, 5) is 26.1. The first-order chi connectivity index (χ1) is 21.6. The molecule has 1 amide bonds. The summed E-state index contributed by atoms with van der Waals surface area (Å²) in [5.74, 6) is -0.415. The number of hydrogen-bond donors (Lipinski definition) is 2. The Bertz CT molecular complexity index is 1910. The molecule has 13 nitrogen and oxygen atoms in total. The molecule has 1 aromatic heterocycles. The number of benzene rings is 2. The number of aliphatic hydroxyl groups is 1. The summed E-state index contributed by atoms with van der Waals surface area (Å²) in [5.41, 5.74) is -1.54. The van der Waals surface area contributed by atoms with Gasteiger partial charge in [-0.15, -0.1) is 0 Å². The molecular formula is C30H36FN3O10S2. The molecule has 2 aliphatic rings. The smallest absolute Gasteiger partial charge is 0.407 e. The van der Waals surface area contributed by atoms with Crippen LogP contribution in [0.2, 0.25) is 0 Å². The third-order valence-electron chi connectivity index (χ3n) is 8.57. The SMILES string of the molecule is CCn1cc(S(=O)(=O)N2CCC3(CC2)CC(N(CC(O)COc2cccc(S(C)(=O)=O)c2)C(=O)O)CO3)c(=O)c2cccc(F)c21. The van der Waals surface area contributed by atoms with Crippen molar-refractivity contribution in [2.45, 2.75) is 60.3 Å². The normalized spacial score (nSPS) is 19.3. The van der Waals surface area contributed by atoms with Gasteiger partial charge >= 0.3 is 6.09 Å². The molecule has 2 aromatic carbocycles. The number of hydrogen-bond acceptors (Lipinski definition) is 9. The van der Waals surface area contributed by atoms with Gasteiger partial charge < -0.3 is 29.2 Å². The Morgan fingerprint density at radius 2 is 1.87 bits per heavy atom. The molecule has 46 heavy (non-hydrogen) atoms. The maximum absolute atomic E-state index is 14.5. The Balaban J connectivity index is 1.23. The number of nitrogens with zero attached hydrogens (tertiary/aromatic N) is 3. The zero-order chi connectivity index (χ0) is 33.4. The fourth-order valence-electron chi connectivity index (χ4n) is 6.11. The minimum atomic E-state index is -4.24. The van der Waals surface area contributed by atoms with Gasteiger partial charge in [0, 0.05) is 32.1 Å². The Hall–Kier alpha value is -3.57. The van der Waals surface area contributed by atoms with Gasteiger partial charge in [0.1, 0.15) is 29.2 Å². The molecule has 0 saturated carbocycles. The summed E-state index contributed by atoms with van der Waals surface area (Å²) in [6, 6.07) is 9.11. The first-order valence-electron chi connectivity index (χ1n) is 14.7. The number of pyridine rings is 1. The van der Waals surface area contributed by atoms with Crippen molar-refractivity contribution in [3.63, 3.8) is 0 Å². The number of halogens is 1. The highest BCUT2D eigenvalue weighted by Crippen LogP contribution is 2.39. The van der Waals surface area contributed by atoms with Crippen LogP contribution in [0.3, 0.4) is 0 Å². The van der Waals surface area contributed by atoms with E-state index >= 15 is 0 Å². The van der Waals surface area contributed by atoms with E-state index in [9.17, 15) is 41.0 Å². The average Bonchev–Trinajstić information content (AvgIpc) is 3.41. The van der Waals surface area contributed by atoms with Crippen molar-refractivity contribution < 1.29 is 45.7 Å². The van der Waals surface area contributed by atoms with Crippen LogP contribution in [0.4, 0.5) is 9.18 Å². The van der Waals surface area contributed by atoms with E-state index in [4.69, 9.17) is 9.47 Å². The molecule has 2 fully saturated rings. The quantitative estimate of drug-likeness (QED) is 0.323. The molecule has 3 aromatic rings. The fraction of sp³-hybridized carbons (Fsp3) is 0.467. The molecule has 2 atom stereocenters. The van der Waals surface area contributed by atoms with Crippen molar-refractivity contribution in [1.29, 1.82) is 0 Å². The van der Waals surface area contributed by atoms with Crippen LogP contribution in [-0.4, -0.2) is 104 Å². The number of rotatable bonds is 10. The highest BCUT2D eigenvalue weighted by atomic mass is 32.2. The maximum Gasteiger partial charge on any atom is 0.407 e. The van der Waals surface area contributed by atoms with E-state index in [2.05, 4.69) is 0 Å². The van der Waals surface area contributed by atoms with Gasteiger partial charge in [-0.3, -0.25) is 4.79 Å². The van der Waals surface area contributed by atoms with Crippen LogP contribution in [0.1, 0.15) is 26.2 Å². The van der Waals surface area contributed by atoms with Gasteiger partial charge in [0.25, 0.3) is 0 Å². The number of aryl methyl sites for hydroxylation is 1. The van der Waals surface area contributed by atoms with Crippen LogP contribution in [0.5, 0.6) is 5.75 Å². The van der Waals surface area contributed by atoms with E-state index in [1.807, 2.05) is 0 Å². The zero-order valence-corrected chi connectivity index (χ0v) is 27.0. The Morgan fingerprint density at radius 1 is 1.17 bits per heavy atom. The number of sulfonamides is 1. The van der Waals surface area contributed by atoms with Crippen LogP contribution in [0, 0.1) is 5.82 Å². The molecule has 0 aliphatic carbocycles. The van der Waals surface area contributed by atoms with Crippen molar-refractivity contribution in [3.05, 3.63) is 64.7 Å². The third-order valence-corrected chi connectivity index (χ3v) is 11.6. The van der Waals surface area contributed by atoms with E-state index in [1.54, 1.807) is 6.92 Å². The lowest BCUT2D eigenvalue weighted by Crippen LogP contribution is -2.49. The maximum atomic E-state index is 14.5. The predicted molar refractivity (Wildman–Crippen MR) is 165 cm³/mol. The van der Waals surface area contributed by atoms with Gasteiger partial charge in [0.2, 0.25) is 15.5 Å². The minimum Gasteiger partial charge on any atom is -0.491 e. The van der Waals surface area contributed by atoms with Crippen LogP contribution >= 0.6 is 0 Å². The van der Waals surface area contributed by atoms with Crippen LogP contribution < -0.4 is 10.2 Å². The van der Waals surface area contributed by atoms with E-state index in [0.29, 0.717) is 0 Å². The van der Waals surface area contributed by atoms with E-state index in [0.717, 1.165) is 11.2 Å². The highest BCUT2D eigenvalue weighted by Gasteiger charge is 2.47. The average molecular weight is 682 g/mol. The molecule has 1 spiro atoms. The number of carbonyl (C=O) groups is 1. The van der Waals surface area contributed by atoms with Crippen LogP contribution in [-0.2, 0) is 31.1 Å². The van der Waals surface area contributed by atoms with Crippen molar-refractivity contribution in [2.75, 3.05) is 39.1 Å². The van der Waals surface area contributed by atoms with Crippen LogP contribution in [0.25, 0.3) is 10.9 Å². The summed E-state index contributed by atoms with van der Waals surface area (Å²) in [5, 5.41) is 20.5. The molecule has 2 N–H and O–H groups in total.